The average Bonchev–Trinajstić information content (AvgIpc) is 2.47. The minimum atomic E-state index is 0.382. The van der Waals surface area contributed by atoms with Gasteiger partial charge in [0, 0.05) is 25.4 Å². The van der Waals surface area contributed by atoms with Crippen molar-refractivity contribution >= 4 is 5.82 Å². The Balaban J connectivity index is 2.17. The summed E-state index contributed by atoms with van der Waals surface area (Å²) in [5.74, 6) is 1.28. The monoisotopic (exact) mass is 266 g/mol. The normalized spacial score (nSPS) is 10.3. The van der Waals surface area contributed by atoms with Crippen LogP contribution < -0.4 is 4.90 Å². The Kier molecular flexibility index (Phi) is 4.31. The van der Waals surface area contributed by atoms with Crippen LogP contribution >= 0.6 is 0 Å². The van der Waals surface area contributed by atoms with E-state index in [1.165, 1.54) is 0 Å². The summed E-state index contributed by atoms with van der Waals surface area (Å²) in [4.78, 5) is 10.6. The predicted octanol–water partition coefficient (Wildman–Crippen LogP) is 3.11. The highest BCUT2D eigenvalue weighted by molar-refractivity contribution is 5.41. The molecular formula is C16H18N4. The first kappa shape index (κ1) is 14.0. The Morgan fingerprint density at radius 1 is 1.25 bits per heavy atom. The standard InChI is InChI=1S/C16H18N4/c1-12(2)15-8-16(19-11-18-15)20(3)10-14-6-4-5-13(7-14)9-17/h4-8,11-12H,10H2,1-3H3. The molecule has 2 aromatic rings. The molecule has 0 N–H and O–H groups in total. The second-order valence-electron chi connectivity index (χ2n) is 5.12. The van der Waals surface area contributed by atoms with Crippen molar-refractivity contribution in [3.05, 3.63) is 53.5 Å². The molecule has 0 aliphatic carbocycles. The molecule has 1 aromatic carbocycles. The lowest BCUT2D eigenvalue weighted by molar-refractivity contribution is 0.802. The van der Waals surface area contributed by atoms with E-state index in [0.717, 1.165) is 17.1 Å². The molecule has 0 radical (unpaired) electrons. The summed E-state index contributed by atoms with van der Waals surface area (Å²) >= 11 is 0. The van der Waals surface area contributed by atoms with E-state index in [9.17, 15) is 0 Å². The maximum atomic E-state index is 8.93. The minimum absolute atomic E-state index is 0.382. The van der Waals surface area contributed by atoms with Gasteiger partial charge in [0.05, 0.1) is 11.6 Å². The molecule has 0 saturated heterocycles. The van der Waals surface area contributed by atoms with Gasteiger partial charge in [-0.15, -0.1) is 0 Å². The van der Waals surface area contributed by atoms with E-state index in [1.807, 2.05) is 37.4 Å². The number of rotatable bonds is 4. The average molecular weight is 266 g/mol. The van der Waals surface area contributed by atoms with Gasteiger partial charge in [-0.25, -0.2) is 9.97 Å². The van der Waals surface area contributed by atoms with Gasteiger partial charge in [-0.05, 0) is 23.6 Å². The molecule has 0 spiro atoms. The molecule has 0 saturated carbocycles. The largest absolute Gasteiger partial charge is 0.355 e. The van der Waals surface area contributed by atoms with E-state index in [4.69, 9.17) is 5.26 Å². The summed E-state index contributed by atoms with van der Waals surface area (Å²) in [5.41, 5.74) is 2.81. The Bertz CT molecular complexity index is 628. The zero-order valence-electron chi connectivity index (χ0n) is 12.0. The maximum absolute atomic E-state index is 8.93. The first-order chi connectivity index (χ1) is 9.60. The number of nitrogens with zero attached hydrogens (tertiary/aromatic N) is 4. The van der Waals surface area contributed by atoms with Crippen LogP contribution in [0.2, 0.25) is 0 Å². The molecule has 0 aliphatic rings. The topological polar surface area (TPSA) is 52.8 Å². The number of aromatic nitrogens is 2. The van der Waals surface area contributed by atoms with E-state index in [-0.39, 0.29) is 0 Å². The van der Waals surface area contributed by atoms with Crippen molar-refractivity contribution in [2.24, 2.45) is 0 Å². The Morgan fingerprint density at radius 3 is 2.75 bits per heavy atom. The third-order valence-corrected chi connectivity index (χ3v) is 3.13. The third kappa shape index (κ3) is 3.33. The van der Waals surface area contributed by atoms with Crippen molar-refractivity contribution in [1.29, 1.82) is 5.26 Å². The van der Waals surface area contributed by atoms with Gasteiger partial charge >= 0.3 is 0 Å². The molecule has 2 rings (SSSR count). The Morgan fingerprint density at radius 2 is 2.05 bits per heavy atom. The summed E-state index contributed by atoms with van der Waals surface area (Å²) in [6, 6.07) is 11.8. The van der Waals surface area contributed by atoms with Crippen molar-refractivity contribution < 1.29 is 0 Å². The van der Waals surface area contributed by atoms with Crippen LogP contribution in [0.25, 0.3) is 0 Å². The van der Waals surface area contributed by atoms with Crippen LogP contribution in [-0.4, -0.2) is 17.0 Å². The summed E-state index contributed by atoms with van der Waals surface area (Å²) < 4.78 is 0. The van der Waals surface area contributed by atoms with Gasteiger partial charge in [-0.1, -0.05) is 26.0 Å². The second-order valence-corrected chi connectivity index (χ2v) is 5.12. The number of hydrogen-bond acceptors (Lipinski definition) is 4. The summed E-state index contributed by atoms with van der Waals surface area (Å²) in [5, 5.41) is 8.93. The molecule has 20 heavy (non-hydrogen) atoms. The van der Waals surface area contributed by atoms with E-state index < -0.39 is 0 Å². The van der Waals surface area contributed by atoms with Crippen LogP contribution in [0.3, 0.4) is 0 Å². The fourth-order valence-corrected chi connectivity index (χ4v) is 1.98. The molecule has 1 heterocycles. The summed E-state index contributed by atoms with van der Waals surface area (Å²) in [6.45, 7) is 4.94. The van der Waals surface area contributed by atoms with Crippen molar-refractivity contribution in [2.75, 3.05) is 11.9 Å². The molecule has 0 fully saturated rings. The quantitative estimate of drug-likeness (QED) is 0.853. The zero-order valence-corrected chi connectivity index (χ0v) is 12.0. The number of anilines is 1. The highest BCUT2D eigenvalue weighted by Gasteiger charge is 2.07. The molecular weight excluding hydrogens is 248 g/mol. The Hall–Kier alpha value is -2.41. The van der Waals surface area contributed by atoms with Crippen LogP contribution in [0, 0.1) is 11.3 Å². The number of benzene rings is 1. The highest BCUT2D eigenvalue weighted by Crippen LogP contribution is 2.18. The smallest absolute Gasteiger partial charge is 0.132 e. The van der Waals surface area contributed by atoms with E-state index >= 15 is 0 Å². The van der Waals surface area contributed by atoms with Crippen LogP contribution in [0.5, 0.6) is 0 Å². The zero-order chi connectivity index (χ0) is 14.5. The fourth-order valence-electron chi connectivity index (χ4n) is 1.98. The van der Waals surface area contributed by atoms with E-state index in [0.29, 0.717) is 18.0 Å². The van der Waals surface area contributed by atoms with Gasteiger partial charge < -0.3 is 4.90 Å². The highest BCUT2D eigenvalue weighted by atomic mass is 15.2. The number of hydrogen-bond donors (Lipinski definition) is 0. The van der Waals surface area contributed by atoms with E-state index in [1.54, 1.807) is 6.33 Å². The van der Waals surface area contributed by atoms with Gasteiger partial charge in [0.25, 0.3) is 0 Å². The lowest BCUT2D eigenvalue weighted by Crippen LogP contribution is -2.18. The first-order valence-electron chi connectivity index (χ1n) is 6.62. The maximum Gasteiger partial charge on any atom is 0.132 e. The third-order valence-electron chi connectivity index (χ3n) is 3.13. The van der Waals surface area contributed by atoms with Gasteiger partial charge in [0.15, 0.2) is 0 Å². The number of nitriles is 1. The molecule has 0 atom stereocenters. The molecule has 102 valence electrons. The molecule has 4 heteroatoms. The first-order valence-corrected chi connectivity index (χ1v) is 6.62. The second kappa shape index (κ2) is 6.16. The predicted molar refractivity (Wildman–Crippen MR) is 79.4 cm³/mol. The van der Waals surface area contributed by atoms with Crippen molar-refractivity contribution in [3.63, 3.8) is 0 Å². The fraction of sp³-hybridized carbons (Fsp3) is 0.312. The van der Waals surface area contributed by atoms with Gasteiger partial charge in [0.2, 0.25) is 0 Å². The molecule has 0 amide bonds. The Labute approximate surface area is 119 Å². The van der Waals surface area contributed by atoms with Crippen molar-refractivity contribution in [3.8, 4) is 6.07 Å². The van der Waals surface area contributed by atoms with Crippen molar-refractivity contribution in [1.82, 2.24) is 9.97 Å². The van der Waals surface area contributed by atoms with Crippen LogP contribution in [-0.2, 0) is 6.54 Å². The lowest BCUT2D eigenvalue weighted by Gasteiger charge is -2.19. The van der Waals surface area contributed by atoms with Crippen LogP contribution in [0.4, 0.5) is 5.82 Å². The molecule has 1 aromatic heterocycles. The van der Waals surface area contributed by atoms with Gasteiger partial charge in [0.1, 0.15) is 12.1 Å². The summed E-state index contributed by atoms with van der Waals surface area (Å²) in [7, 11) is 1.99. The molecule has 0 bridgehead atoms. The molecule has 0 aliphatic heterocycles. The van der Waals surface area contributed by atoms with Crippen LogP contribution in [0.15, 0.2) is 36.7 Å². The van der Waals surface area contributed by atoms with Crippen LogP contribution in [0.1, 0.15) is 36.6 Å². The SMILES string of the molecule is CC(C)c1cc(N(C)Cc2cccc(C#N)c2)ncn1. The molecule has 4 nitrogen and oxygen atoms in total. The lowest BCUT2D eigenvalue weighted by atomic mass is 10.1. The van der Waals surface area contributed by atoms with E-state index in [2.05, 4.69) is 34.8 Å². The van der Waals surface area contributed by atoms with Crippen molar-refractivity contribution in [2.45, 2.75) is 26.3 Å². The van der Waals surface area contributed by atoms with Gasteiger partial charge in [-0.2, -0.15) is 5.26 Å². The minimum Gasteiger partial charge on any atom is -0.355 e. The molecule has 0 unspecified atom stereocenters. The van der Waals surface area contributed by atoms with Gasteiger partial charge in [-0.3, -0.25) is 0 Å². The summed E-state index contributed by atoms with van der Waals surface area (Å²) in [6.07, 6.45) is 1.60.